The molecule has 0 aliphatic carbocycles. The van der Waals surface area contributed by atoms with Crippen LogP contribution in [0.3, 0.4) is 0 Å². The Morgan fingerprint density at radius 3 is 1.79 bits per heavy atom. The van der Waals surface area contributed by atoms with E-state index in [0.29, 0.717) is 19.6 Å². The van der Waals surface area contributed by atoms with Crippen molar-refractivity contribution in [2.75, 3.05) is 13.2 Å². The summed E-state index contributed by atoms with van der Waals surface area (Å²) < 4.78 is 10.5. The second-order valence-corrected chi connectivity index (χ2v) is 7.89. The minimum Gasteiger partial charge on any atom is -0.466 e. The molecule has 1 unspecified atom stereocenters. The molecule has 4 nitrogen and oxygen atoms in total. The van der Waals surface area contributed by atoms with Crippen LogP contribution >= 0.6 is 0 Å². The number of hydrogen-bond donors (Lipinski definition) is 0. The van der Waals surface area contributed by atoms with E-state index >= 15 is 0 Å². The first-order chi connectivity index (χ1) is 13.7. The summed E-state index contributed by atoms with van der Waals surface area (Å²) in [5, 5.41) is 0. The molecule has 0 saturated heterocycles. The van der Waals surface area contributed by atoms with E-state index in [-0.39, 0.29) is 17.9 Å². The molecule has 0 saturated carbocycles. The van der Waals surface area contributed by atoms with E-state index in [9.17, 15) is 9.59 Å². The highest BCUT2D eigenvalue weighted by atomic mass is 16.5. The first-order valence-electron chi connectivity index (χ1n) is 12.0. The topological polar surface area (TPSA) is 52.6 Å². The number of rotatable bonds is 20. The molecular formula is C24H46O4. The highest BCUT2D eigenvalue weighted by Crippen LogP contribution is 2.20. The summed E-state index contributed by atoms with van der Waals surface area (Å²) in [6.07, 6.45) is 17.3. The van der Waals surface area contributed by atoms with Crippen molar-refractivity contribution in [3.8, 4) is 0 Å². The number of carbonyl (C=O) groups is 2. The first kappa shape index (κ1) is 26.9. The molecule has 0 aromatic rings. The Kier molecular flexibility index (Phi) is 19.9. The lowest BCUT2D eigenvalue weighted by molar-refractivity contribution is -0.149. The van der Waals surface area contributed by atoms with Crippen LogP contribution in [0.5, 0.6) is 0 Å². The predicted octanol–water partition coefficient (Wildman–Crippen LogP) is 6.99. The largest absolute Gasteiger partial charge is 0.466 e. The number of esters is 2. The summed E-state index contributed by atoms with van der Waals surface area (Å²) in [5.74, 6) is -0.0661. The predicted molar refractivity (Wildman–Crippen MR) is 116 cm³/mol. The monoisotopic (exact) mass is 398 g/mol. The summed E-state index contributed by atoms with van der Waals surface area (Å²) in [4.78, 5) is 23.8. The van der Waals surface area contributed by atoms with E-state index in [1.54, 1.807) is 0 Å². The molecule has 0 amide bonds. The Labute approximate surface area is 174 Å². The molecule has 0 aliphatic heterocycles. The summed E-state index contributed by atoms with van der Waals surface area (Å²) >= 11 is 0. The van der Waals surface area contributed by atoms with E-state index in [2.05, 4.69) is 13.8 Å². The molecule has 1 atom stereocenters. The van der Waals surface area contributed by atoms with Crippen LogP contribution in [0.1, 0.15) is 124 Å². The van der Waals surface area contributed by atoms with Crippen LogP contribution in [0.4, 0.5) is 0 Å². The molecule has 0 fully saturated rings. The number of unbranched alkanes of at least 4 members (excludes halogenated alkanes) is 10. The molecule has 0 aliphatic rings. The van der Waals surface area contributed by atoms with Gasteiger partial charge in [0.25, 0.3) is 0 Å². The molecule has 0 bridgehead atoms. The maximum atomic E-state index is 12.5. The molecule has 4 heteroatoms. The molecule has 0 aromatic heterocycles. The highest BCUT2D eigenvalue weighted by molar-refractivity contribution is 5.72. The van der Waals surface area contributed by atoms with Gasteiger partial charge in [0, 0.05) is 6.42 Å². The Bertz CT molecular complexity index is 368. The van der Waals surface area contributed by atoms with Crippen LogP contribution in [-0.4, -0.2) is 25.2 Å². The van der Waals surface area contributed by atoms with Crippen LogP contribution in [0, 0.1) is 5.92 Å². The van der Waals surface area contributed by atoms with Crippen molar-refractivity contribution >= 4 is 11.9 Å². The normalized spacial score (nSPS) is 12.0. The molecule has 0 N–H and O–H groups in total. The van der Waals surface area contributed by atoms with Gasteiger partial charge in [-0.3, -0.25) is 9.59 Å². The lowest BCUT2D eigenvalue weighted by atomic mass is 9.94. The fourth-order valence-corrected chi connectivity index (χ4v) is 3.44. The zero-order valence-corrected chi connectivity index (χ0v) is 18.9. The van der Waals surface area contributed by atoms with Crippen molar-refractivity contribution in [2.45, 2.75) is 124 Å². The van der Waals surface area contributed by atoms with Crippen molar-refractivity contribution in [1.82, 2.24) is 0 Å². The van der Waals surface area contributed by atoms with Crippen LogP contribution in [0.2, 0.25) is 0 Å². The van der Waals surface area contributed by atoms with Gasteiger partial charge >= 0.3 is 11.9 Å². The maximum Gasteiger partial charge on any atom is 0.308 e. The summed E-state index contributed by atoms with van der Waals surface area (Å²) in [6.45, 7) is 7.18. The van der Waals surface area contributed by atoms with Gasteiger partial charge in [-0.05, 0) is 39.0 Å². The molecule has 0 spiro atoms. The third kappa shape index (κ3) is 17.1. The van der Waals surface area contributed by atoms with E-state index in [1.807, 2.05) is 6.92 Å². The summed E-state index contributed by atoms with van der Waals surface area (Å²) in [5.41, 5.74) is 0. The van der Waals surface area contributed by atoms with Crippen molar-refractivity contribution in [3.63, 3.8) is 0 Å². The van der Waals surface area contributed by atoms with E-state index in [1.165, 1.54) is 51.4 Å². The number of hydrogen-bond acceptors (Lipinski definition) is 4. The lowest BCUT2D eigenvalue weighted by Gasteiger charge is -2.16. The Hall–Kier alpha value is -1.06. The Balaban J connectivity index is 4.00. The Morgan fingerprint density at radius 2 is 1.18 bits per heavy atom. The fraction of sp³-hybridized carbons (Fsp3) is 0.917. The second kappa shape index (κ2) is 20.7. The number of carbonyl (C=O) groups excluding carboxylic acids is 2. The lowest BCUT2D eigenvalue weighted by Crippen LogP contribution is -2.18. The van der Waals surface area contributed by atoms with Crippen molar-refractivity contribution in [1.29, 1.82) is 0 Å². The molecule has 0 rings (SSSR count). The van der Waals surface area contributed by atoms with Gasteiger partial charge in [-0.25, -0.2) is 0 Å². The van der Waals surface area contributed by atoms with Gasteiger partial charge in [0.2, 0.25) is 0 Å². The minimum absolute atomic E-state index is 0.00421. The van der Waals surface area contributed by atoms with Crippen LogP contribution in [0.15, 0.2) is 0 Å². The van der Waals surface area contributed by atoms with Crippen molar-refractivity contribution < 1.29 is 19.1 Å². The highest BCUT2D eigenvalue weighted by Gasteiger charge is 2.19. The third-order valence-electron chi connectivity index (χ3n) is 5.22. The first-order valence-corrected chi connectivity index (χ1v) is 12.0. The molecular weight excluding hydrogens is 352 g/mol. The number of ether oxygens (including phenoxy) is 2. The average Bonchev–Trinajstić information content (AvgIpc) is 2.68. The van der Waals surface area contributed by atoms with Crippen molar-refractivity contribution in [3.05, 3.63) is 0 Å². The van der Waals surface area contributed by atoms with Crippen molar-refractivity contribution in [2.24, 2.45) is 5.92 Å². The molecule has 0 aromatic carbocycles. The van der Waals surface area contributed by atoms with E-state index in [0.717, 1.165) is 44.9 Å². The van der Waals surface area contributed by atoms with E-state index in [4.69, 9.17) is 9.47 Å². The quantitative estimate of drug-likeness (QED) is 0.164. The van der Waals surface area contributed by atoms with Crippen LogP contribution < -0.4 is 0 Å². The van der Waals surface area contributed by atoms with Gasteiger partial charge in [-0.2, -0.15) is 0 Å². The standard InChI is InChI=1S/C24H46O4/c1-4-7-9-11-12-15-19-22(18-14-10-8-5-2)24(26)28-21-17-13-16-20-23(25)27-6-3/h22H,4-21H2,1-3H3. The van der Waals surface area contributed by atoms with Crippen LogP contribution in [0.25, 0.3) is 0 Å². The zero-order chi connectivity index (χ0) is 20.9. The minimum atomic E-state index is -0.134. The molecule has 28 heavy (non-hydrogen) atoms. The Morgan fingerprint density at radius 1 is 0.643 bits per heavy atom. The fourth-order valence-electron chi connectivity index (χ4n) is 3.44. The van der Waals surface area contributed by atoms with Gasteiger partial charge < -0.3 is 9.47 Å². The van der Waals surface area contributed by atoms with E-state index < -0.39 is 0 Å². The van der Waals surface area contributed by atoms with Gasteiger partial charge in [-0.1, -0.05) is 78.1 Å². The molecule has 166 valence electrons. The van der Waals surface area contributed by atoms with Gasteiger partial charge in [0.15, 0.2) is 0 Å². The third-order valence-corrected chi connectivity index (χ3v) is 5.22. The molecule has 0 heterocycles. The smallest absolute Gasteiger partial charge is 0.308 e. The summed E-state index contributed by atoms with van der Waals surface area (Å²) in [6, 6.07) is 0. The van der Waals surface area contributed by atoms with Gasteiger partial charge in [-0.15, -0.1) is 0 Å². The average molecular weight is 399 g/mol. The molecule has 0 radical (unpaired) electrons. The van der Waals surface area contributed by atoms with Crippen LogP contribution in [-0.2, 0) is 19.1 Å². The van der Waals surface area contributed by atoms with Gasteiger partial charge in [0.1, 0.15) is 0 Å². The SMILES string of the molecule is CCCCCCCCC(CCCCCC)C(=O)OCCCCCC(=O)OCC. The van der Waals surface area contributed by atoms with Gasteiger partial charge in [0.05, 0.1) is 19.1 Å². The zero-order valence-electron chi connectivity index (χ0n) is 18.9. The maximum absolute atomic E-state index is 12.5. The summed E-state index contributed by atoms with van der Waals surface area (Å²) in [7, 11) is 0. The second-order valence-electron chi connectivity index (χ2n) is 7.89.